The molecule has 6 heteroatoms. The van der Waals surface area contributed by atoms with Gasteiger partial charge in [0.1, 0.15) is 18.6 Å². The summed E-state index contributed by atoms with van der Waals surface area (Å²) in [6.07, 6.45) is 0.800. The third kappa shape index (κ3) is 2.91. The van der Waals surface area contributed by atoms with Crippen molar-refractivity contribution in [2.75, 3.05) is 18.5 Å². The number of benzene rings is 1. The number of fused-ring (bicyclic) bond motifs is 1. The van der Waals surface area contributed by atoms with Gasteiger partial charge in [0.05, 0.1) is 6.54 Å². The number of aldehydes is 1. The largest absolute Gasteiger partial charge is 0.508 e. The minimum Gasteiger partial charge on any atom is -0.508 e. The number of thiophene rings is 1. The number of hydrogen-bond acceptors (Lipinski definition) is 6. The standard InChI is InChI=1S/C14H15NO4S/c1-9(17)19-7-10-8-20-13-6-11(18)5-12(14(10)13)15(2)3-4-16/h4-6,8,18H,3,7H2,1-2H3. The van der Waals surface area contributed by atoms with Gasteiger partial charge in [-0.15, -0.1) is 11.3 Å². The molecule has 1 heterocycles. The van der Waals surface area contributed by atoms with Crippen molar-refractivity contribution in [3.63, 3.8) is 0 Å². The van der Waals surface area contributed by atoms with E-state index in [0.29, 0.717) is 0 Å². The number of aromatic hydroxyl groups is 1. The summed E-state index contributed by atoms with van der Waals surface area (Å²) >= 11 is 1.46. The topological polar surface area (TPSA) is 66.8 Å². The van der Waals surface area contributed by atoms with Crippen molar-refractivity contribution in [3.8, 4) is 5.75 Å². The maximum atomic E-state index is 10.9. The van der Waals surface area contributed by atoms with Gasteiger partial charge in [-0.2, -0.15) is 0 Å². The maximum absolute atomic E-state index is 10.9. The van der Waals surface area contributed by atoms with Crippen LogP contribution in [0.2, 0.25) is 0 Å². The molecule has 0 atom stereocenters. The zero-order valence-corrected chi connectivity index (χ0v) is 12.1. The Bertz CT molecular complexity index is 650. The summed E-state index contributed by atoms with van der Waals surface area (Å²) in [6.45, 7) is 1.77. The van der Waals surface area contributed by atoms with Crippen LogP contribution < -0.4 is 4.90 Å². The third-order valence-electron chi connectivity index (χ3n) is 2.91. The normalized spacial score (nSPS) is 10.5. The van der Waals surface area contributed by atoms with Crippen LogP contribution in [0.4, 0.5) is 5.69 Å². The molecule has 1 N–H and O–H groups in total. The van der Waals surface area contributed by atoms with E-state index in [1.807, 2.05) is 5.38 Å². The number of hydrogen-bond donors (Lipinski definition) is 1. The highest BCUT2D eigenvalue weighted by Gasteiger charge is 2.14. The highest BCUT2D eigenvalue weighted by Crippen LogP contribution is 2.37. The quantitative estimate of drug-likeness (QED) is 0.677. The zero-order chi connectivity index (χ0) is 14.7. The highest BCUT2D eigenvalue weighted by atomic mass is 32.1. The second-order valence-corrected chi connectivity index (χ2v) is 5.34. The summed E-state index contributed by atoms with van der Waals surface area (Å²) < 4.78 is 5.93. The van der Waals surface area contributed by atoms with E-state index >= 15 is 0 Å². The minimum atomic E-state index is -0.342. The van der Waals surface area contributed by atoms with Crippen molar-refractivity contribution >= 4 is 39.4 Å². The molecule has 0 radical (unpaired) electrons. The number of nitrogens with zero attached hydrogens (tertiary/aromatic N) is 1. The Hall–Kier alpha value is -2.08. The smallest absolute Gasteiger partial charge is 0.302 e. The number of esters is 1. The van der Waals surface area contributed by atoms with Crippen molar-refractivity contribution in [2.24, 2.45) is 0 Å². The fourth-order valence-corrected chi connectivity index (χ4v) is 2.99. The van der Waals surface area contributed by atoms with E-state index in [2.05, 4.69) is 0 Å². The number of ether oxygens (including phenoxy) is 1. The van der Waals surface area contributed by atoms with Crippen LogP contribution in [-0.4, -0.2) is 31.0 Å². The molecule has 5 nitrogen and oxygen atoms in total. The fourth-order valence-electron chi connectivity index (χ4n) is 1.99. The van der Waals surface area contributed by atoms with E-state index in [0.717, 1.165) is 27.6 Å². The minimum absolute atomic E-state index is 0.145. The number of anilines is 1. The van der Waals surface area contributed by atoms with Crippen LogP contribution in [-0.2, 0) is 20.9 Å². The predicted molar refractivity (Wildman–Crippen MR) is 78.3 cm³/mol. The molecule has 0 unspecified atom stereocenters. The lowest BCUT2D eigenvalue weighted by Crippen LogP contribution is -2.19. The monoisotopic (exact) mass is 293 g/mol. The molecule has 0 bridgehead atoms. The molecular weight excluding hydrogens is 278 g/mol. The number of rotatable bonds is 5. The van der Waals surface area contributed by atoms with E-state index < -0.39 is 0 Å². The van der Waals surface area contributed by atoms with Gasteiger partial charge in [0.2, 0.25) is 0 Å². The Kier molecular flexibility index (Phi) is 4.24. The maximum Gasteiger partial charge on any atom is 0.302 e. The Morgan fingerprint density at radius 3 is 2.90 bits per heavy atom. The molecule has 0 saturated carbocycles. The van der Waals surface area contributed by atoms with Gasteiger partial charge in [-0.25, -0.2) is 0 Å². The van der Waals surface area contributed by atoms with Crippen LogP contribution in [0.25, 0.3) is 10.1 Å². The molecule has 0 aliphatic carbocycles. The molecule has 2 rings (SSSR count). The summed E-state index contributed by atoms with van der Waals surface area (Å²) in [7, 11) is 1.77. The molecule has 0 spiro atoms. The van der Waals surface area contributed by atoms with Crippen LogP contribution in [0, 0.1) is 0 Å². The number of likely N-dealkylation sites (N-methyl/N-ethyl adjacent to an activating group) is 1. The van der Waals surface area contributed by atoms with Gasteiger partial charge < -0.3 is 19.5 Å². The molecule has 0 amide bonds. The lowest BCUT2D eigenvalue weighted by atomic mass is 10.1. The van der Waals surface area contributed by atoms with Crippen molar-refractivity contribution in [1.29, 1.82) is 0 Å². The third-order valence-corrected chi connectivity index (χ3v) is 3.88. The molecule has 1 aromatic heterocycles. The van der Waals surface area contributed by atoms with Gasteiger partial charge in [0, 0.05) is 41.4 Å². The van der Waals surface area contributed by atoms with Crippen LogP contribution in [0.15, 0.2) is 17.5 Å². The van der Waals surface area contributed by atoms with Crippen LogP contribution in [0.5, 0.6) is 5.75 Å². The van der Waals surface area contributed by atoms with Gasteiger partial charge in [0.25, 0.3) is 0 Å². The lowest BCUT2D eigenvalue weighted by Gasteiger charge is -2.18. The van der Waals surface area contributed by atoms with Crippen molar-refractivity contribution in [1.82, 2.24) is 0 Å². The van der Waals surface area contributed by atoms with Crippen LogP contribution in [0.3, 0.4) is 0 Å². The van der Waals surface area contributed by atoms with Gasteiger partial charge >= 0.3 is 5.97 Å². The first kappa shape index (κ1) is 14.3. The summed E-state index contributed by atoms with van der Waals surface area (Å²) in [4.78, 5) is 23.4. The van der Waals surface area contributed by atoms with Crippen LogP contribution >= 0.6 is 11.3 Å². The summed E-state index contributed by atoms with van der Waals surface area (Å²) in [5.41, 5.74) is 1.61. The van der Waals surface area contributed by atoms with E-state index in [9.17, 15) is 14.7 Å². The first-order valence-electron chi connectivity index (χ1n) is 6.04. The van der Waals surface area contributed by atoms with E-state index in [1.165, 1.54) is 18.3 Å². The van der Waals surface area contributed by atoms with Gasteiger partial charge in [0.15, 0.2) is 0 Å². The lowest BCUT2D eigenvalue weighted by molar-refractivity contribution is -0.142. The molecule has 0 fully saturated rings. The van der Waals surface area contributed by atoms with Crippen LogP contribution in [0.1, 0.15) is 12.5 Å². The Morgan fingerprint density at radius 2 is 2.25 bits per heavy atom. The summed E-state index contributed by atoms with van der Waals surface area (Å²) in [5.74, 6) is -0.197. The Labute approximate surface area is 120 Å². The van der Waals surface area contributed by atoms with Gasteiger partial charge in [-0.1, -0.05) is 0 Å². The molecule has 2 aromatic rings. The van der Waals surface area contributed by atoms with E-state index in [1.54, 1.807) is 24.1 Å². The second kappa shape index (κ2) is 5.92. The molecule has 1 aromatic carbocycles. The first-order chi connectivity index (χ1) is 9.52. The van der Waals surface area contributed by atoms with Gasteiger partial charge in [-0.05, 0) is 11.4 Å². The van der Waals surface area contributed by atoms with Crippen molar-refractivity contribution in [3.05, 3.63) is 23.1 Å². The number of phenols is 1. The molecule has 0 aliphatic rings. The molecular formula is C14H15NO4S. The second-order valence-electron chi connectivity index (χ2n) is 4.43. The zero-order valence-electron chi connectivity index (χ0n) is 11.3. The fraction of sp³-hybridized carbons (Fsp3) is 0.286. The van der Waals surface area contributed by atoms with Gasteiger partial charge in [-0.3, -0.25) is 4.79 Å². The predicted octanol–water partition coefficient (Wildman–Crippen LogP) is 2.31. The molecule has 0 aliphatic heterocycles. The van der Waals surface area contributed by atoms with Crippen molar-refractivity contribution < 1.29 is 19.4 Å². The molecule has 0 saturated heterocycles. The van der Waals surface area contributed by atoms with E-state index in [4.69, 9.17) is 4.74 Å². The summed E-state index contributed by atoms with van der Waals surface area (Å²) in [5, 5.41) is 12.6. The highest BCUT2D eigenvalue weighted by molar-refractivity contribution is 7.17. The average molecular weight is 293 g/mol. The number of carbonyl (C=O) groups is 2. The van der Waals surface area contributed by atoms with E-state index in [-0.39, 0.29) is 24.9 Å². The Balaban J connectivity index is 2.50. The molecule has 20 heavy (non-hydrogen) atoms. The Morgan fingerprint density at radius 1 is 1.50 bits per heavy atom. The average Bonchev–Trinajstić information content (AvgIpc) is 2.78. The number of phenolic OH excluding ortho intramolecular Hbond substituents is 1. The summed E-state index contributed by atoms with van der Waals surface area (Å²) in [6, 6.07) is 3.27. The van der Waals surface area contributed by atoms with Crippen molar-refractivity contribution in [2.45, 2.75) is 13.5 Å². The SMILES string of the molecule is CC(=O)OCc1csc2cc(O)cc(N(C)CC=O)c12. The first-order valence-corrected chi connectivity index (χ1v) is 6.92. The molecule has 106 valence electrons. The number of carbonyl (C=O) groups excluding carboxylic acids is 2.